The number of anilines is 1. The van der Waals surface area contributed by atoms with Gasteiger partial charge in [-0.25, -0.2) is 4.98 Å². The molecule has 0 spiro atoms. The fraction of sp³-hybridized carbons (Fsp3) is 0. The van der Waals surface area contributed by atoms with Gasteiger partial charge in [0.1, 0.15) is 0 Å². The molecule has 18 heavy (non-hydrogen) atoms. The Labute approximate surface area is 117 Å². The quantitative estimate of drug-likeness (QED) is 0.735. The van der Waals surface area contributed by atoms with E-state index in [0.717, 1.165) is 21.2 Å². The molecule has 5 heteroatoms. The Balaban J connectivity index is 2.32. The van der Waals surface area contributed by atoms with Gasteiger partial charge in [-0.05, 0) is 36.4 Å². The van der Waals surface area contributed by atoms with Crippen LogP contribution in [-0.2, 0) is 0 Å². The zero-order chi connectivity index (χ0) is 12.7. The van der Waals surface area contributed by atoms with Crippen molar-refractivity contribution in [1.29, 1.82) is 0 Å². The van der Waals surface area contributed by atoms with Crippen LogP contribution in [-0.4, -0.2) is 9.55 Å². The predicted octanol–water partition coefficient (Wildman–Crippen LogP) is 4.02. The van der Waals surface area contributed by atoms with E-state index >= 15 is 0 Å². The van der Waals surface area contributed by atoms with Gasteiger partial charge in [0.15, 0.2) is 0 Å². The number of hydrogen-bond donors (Lipinski definition) is 1. The molecule has 0 saturated carbocycles. The smallest absolute Gasteiger partial charge is 0.205 e. The van der Waals surface area contributed by atoms with E-state index in [-0.39, 0.29) is 0 Å². The molecule has 1 heterocycles. The van der Waals surface area contributed by atoms with Gasteiger partial charge in [0.25, 0.3) is 0 Å². The lowest BCUT2D eigenvalue weighted by atomic mass is 10.3. The monoisotopic (exact) mass is 321 g/mol. The van der Waals surface area contributed by atoms with Gasteiger partial charge >= 0.3 is 0 Å². The summed E-state index contributed by atoms with van der Waals surface area (Å²) >= 11 is 9.43. The summed E-state index contributed by atoms with van der Waals surface area (Å²) in [5.74, 6) is 0.449. The van der Waals surface area contributed by atoms with Crippen LogP contribution in [0.25, 0.3) is 16.7 Å². The minimum absolute atomic E-state index is 0.449. The molecular weight excluding hydrogens is 314 g/mol. The second-order valence-electron chi connectivity index (χ2n) is 3.92. The number of benzene rings is 2. The lowest BCUT2D eigenvalue weighted by molar-refractivity contribution is 1.11. The van der Waals surface area contributed by atoms with Crippen molar-refractivity contribution in [2.75, 3.05) is 5.73 Å². The van der Waals surface area contributed by atoms with Gasteiger partial charge in [0, 0.05) is 9.50 Å². The van der Waals surface area contributed by atoms with Crippen molar-refractivity contribution in [2.24, 2.45) is 0 Å². The summed E-state index contributed by atoms with van der Waals surface area (Å²) in [4.78, 5) is 4.35. The molecule has 0 aliphatic rings. The number of hydrogen-bond acceptors (Lipinski definition) is 2. The number of nitrogens with zero attached hydrogens (tertiary/aromatic N) is 2. The summed E-state index contributed by atoms with van der Waals surface area (Å²) in [6, 6.07) is 13.4. The standard InChI is InChI=1S/C13H9BrClN3/c14-8-4-5-12-11(6-8)17-13(16)18(12)10-3-1-2-9(15)7-10/h1-7H,(H2,16,17). The number of aromatic nitrogens is 2. The molecule has 1 aromatic heterocycles. The summed E-state index contributed by atoms with van der Waals surface area (Å²) in [6.45, 7) is 0. The van der Waals surface area contributed by atoms with Crippen LogP contribution in [0.2, 0.25) is 5.02 Å². The molecule has 0 atom stereocenters. The molecule has 0 fully saturated rings. The molecule has 0 bridgehead atoms. The third-order valence-electron chi connectivity index (χ3n) is 2.71. The zero-order valence-corrected chi connectivity index (χ0v) is 11.6. The van der Waals surface area contributed by atoms with E-state index in [0.29, 0.717) is 11.0 Å². The minimum atomic E-state index is 0.449. The topological polar surface area (TPSA) is 43.8 Å². The van der Waals surface area contributed by atoms with Gasteiger partial charge in [0.05, 0.1) is 16.7 Å². The van der Waals surface area contributed by atoms with Gasteiger partial charge in [-0.2, -0.15) is 0 Å². The molecule has 90 valence electrons. The molecule has 3 rings (SSSR count). The zero-order valence-electron chi connectivity index (χ0n) is 9.27. The highest BCUT2D eigenvalue weighted by atomic mass is 79.9. The van der Waals surface area contributed by atoms with Crippen LogP contribution in [0.5, 0.6) is 0 Å². The molecule has 3 aromatic rings. The third kappa shape index (κ3) is 1.87. The Morgan fingerprint density at radius 1 is 1.17 bits per heavy atom. The van der Waals surface area contributed by atoms with Crippen molar-refractivity contribution < 1.29 is 0 Å². The molecule has 2 aromatic carbocycles. The Morgan fingerprint density at radius 3 is 2.78 bits per heavy atom. The highest BCUT2D eigenvalue weighted by molar-refractivity contribution is 9.10. The van der Waals surface area contributed by atoms with Crippen LogP contribution in [0.15, 0.2) is 46.9 Å². The predicted molar refractivity (Wildman–Crippen MR) is 78.2 cm³/mol. The highest BCUT2D eigenvalue weighted by Gasteiger charge is 2.10. The molecule has 0 amide bonds. The van der Waals surface area contributed by atoms with Crippen LogP contribution >= 0.6 is 27.5 Å². The lowest BCUT2D eigenvalue weighted by Gasteiger charge is -2.06. The van der Waals surface area contributed by atoms with Crippen LogP contribution < -0.4 is 5.73 Å². The Morgan fingerprint density at radius 2 is 2.00 bits per heavy atom. The first-order valence-electron chi connectivity index (χ1n) is 5.34. The van der Waals surface area contributed by atoms with Crippen LogP contribution in [0.1, 0.15) is 0 Å². The van der Waals surface area contributed by atoms with Crippen LogP contribution in [0.3, 0.4) is 0 Å². The van der Waals surface area contributed by atoms with E-state index in [1.54, 1.807) is 0 Å². The second-order valence-corrected chi connectivity index (χ2v) is 5.27. The Hall–Kier alpha value is -1.52. The fourth-order valence-corrected chi connectivity index (χ4v) is 2.49. The van der Waals surface area contributed by atoms with Gasteiger partial charge < -0.3 is 5.73 Å². The van der Waals surface area contributed by atoms with E-state index in [1.807, 2.05) is 47.0 Å². The SMILES string of the molecule is Nc1nc2cc(Br)ccc2n1-c1cccc(Cl)c1. The molecule has 0 aliphatic carbocycles. The summed E-state index contributed by atoms with van der Waals surface area (Å²) in [5.41, 5.74) is 8.69. The largest absolute Gasteiger partial charge is 0.369 e. The Kier molecular flexibility index (Phi) is 2.76. The van der Waals surface area contributed by atoms with E-state index < -0.39 is 0 Å². The normalized spacial score (nSPS) is 11.0. The number of nitrogens with two attached hydrogens (primary N) is 1. The average molecular weight is 323 g/mol. The molecule has 0 radical (unpaired) electrons. The van der Waals surface area contributed by atoms with Crippen molar-refractivity contribution in [2.45, 2.75) is 0 Å². The van der Waals surface area contributed by atoms with E-state index in [1.165, 1.54) is 0 Å². The molecule has 0 aliphatic heterocycles. The first-order chi connectivity index (χ1) is 8.65. The maximum Gasteiger partial charge on any atom is 0.205 e. The molecule has 3 nitrogen and oxygen atoms in total. The molecule has 2 N–H and O–H groups in total. The van der Waals surface area contributed by atoms with Crippen molar-refractivity contribution in [3.63, 3.8) is 0 Å². The summed E-state index contributed by atoms with van der Waals surface area (Å²) < 4.78 is 2.86. The minimum Gasteiger partial charge on any atom is -0.369 e. The number of imidazole rings is 1. The number of nitrogen functional groups attached to an aromatic ring is 1. The van der Waals surface area contributed by atoms with Crippen molar-refractivity contribution in [3.05, 3.63) is 52.0 Å². The van der Waals surface area contributed by atoms with Gasteiger partial charge in [-0.3, -0.25) is 4.57 Å². The number of rotatable bonds is 1. The molecule has 0 saturated heterocycles. The van der Waals surface area contributed by atoms with E-state index in [4.69, 9.17) is 17.3 Å². The van der Waals surface area contributed by atoms with E-state index in [9.17, 15) is 0 Å². The highest BCUT2D eigenvalue weighted by Crippen LogP contribution is 2.26. The number of fused-ring (bicyclic) bond motifs is 1. The van der Waals surface area contributed by atoms with E-state index in [2.05, 4.69) is 20.9 Å². The maximum atomic E-state index is 6.01. The summed E-state index contributed by atoms with van der Waals surface area (Å²) in [7, 11) is 0. The summed E-state index contributed by atoms with van der Waals surface area (Å²) in [6.07, 6.45) is 0. The second kappa shape index (κ2) is 4.30. The molecule has 0 unspecified atom stereocenters. The fourth-order valence-electron chi connectivity index (χ4n) is 1.96. The first kappa shape index (κ1) is 11.6. The van der Waals surface area contributed by atoms with Crippen LogP contribution in [0, 0.1) is 0 Å². The van der Waals surface area contributed by atoms with Gasteiger partial charge in [-0.15, -0.1) is 0 Å². The van der Waals surface area contributed by atoms with Crippen molar-refractivity contribution in [1.82, 2.24) is 9.55 Å². The van der Waals surface area contributed by atoms with Crippen molar-refractivity contribution in [3.8, 4) is 5.69 Å². The third-order valence-corrected chi connectivity index (χ3v) is 3.44. The van der Waals surface area contributed by atoms with Crippen LogP contribution in [0.4, 0.5) is 5.95 Å². The lowest BCUT2D eigenvalue weighted by Crippen LogP contribution is -2.00. The first-order valence-corrected chi connectivity index (χ1v) is 6.52. The average Bonchev–Trinajstić information content (AvgIpc) is 2.64. The summed E-state index contributed by atoms with van der Waals surface area (Å²) in [5, 5.41) is 0.672. The van der Waals surface area contributed by atoms with Crippen molar-refractivity contribution >= 4 is 44.5 Å². The number of halogens is 2. The molecular formula is C13H9BrClN3. The Bertz CT molecular complexity index is 736. The maximum absolute atomic E-state index is 6.01. The van der Waals surface area contributed by atoms with Gasteiger partial charge in [0.2, 0.25) is 5.95 Å². The van der Waals surface area contributed by atoms with Gasteiger partial charge in [-0.1, -0.05) is 33.6 Å².